The monoisotopic (exact) mass is 200 g/mol. The lowest BCUT2D eigenvalue weighted by molar-refractivity contribution is -0.235. The Morgan fingerprint density at radius 3 is 2.08 bits per heavy atom. The molecule has 2 nitrogen and oxygen atoms in total. The first-order valence-electron chi connectivity index (χ1n) is 3.36. The maximum absolute atomic E-state index is 12.8. The van der Waals surface area contributed by atoms with Gasteiger partial charge >= 0.3 is 17.8 Å². The van der Waals surface area contributed by atoms with Crippen LogP contribution in [-0.4, -0.2) is 22.9 Å². The average molecular weight is 200 g/mol. The van der Waals surface area contributed by atoms with E-state index in [-0.39, 0.29) is 0 Å². The fraction of sp³-hybridized carbons (Fsp3) is 0.571. The predicted molar refractivity (Wildman–Crippen MR) is 37.0 cm³/mol. The summed E-state index contributed by atoms with van der Waals surface area (Å²) in [6.45, 7) is 1.37. The second-order valence-electron chi connectivity index (χ2n) is 2.38. The van der Waals surface area contributed by atoms with Crippen LogP contribution in [0.4, 0.5) is 17.6 Å². The number of carboxylic acids is 1. The fourth-order valence-electron chi connectivity index (χ4n) is 0.605. The minimum atomic E-state index is -5.39. The summed E-state index contributed by atoms with van der Waals surface area (Å²) in [5, 5.41) is 8.07. The van der Waals surface area contributed by atoms with E-state index in [1.807, 2.05) is 0 Å². The first-order valence-corrected chi connectivity index (χ1v) is 3.36. The van der Waals surface area contributed by atoms with E-state index in [9.17, 15) is 22.4 Å². The van der Waals surface area contributed by atoms with Crippen molar-refractivity contribution in [1.82, 2.24) is 0 Å². The molecule has 0 heterocycles. The van der Waals surface area contributed by atoms with Crippen molar-refractivity contribution in [2.45, 2.75) is 25.2 Å². The Morgan fingerprint density at radius 1 is 1.38 bits per heavy atom. The third kappa shape index (κ3) is 2.43. The Labute approximate surface area is 71.9 Å². The molecule has 0 spiro atoms. The molecule has 0 bridgehead atoms. The summed E-state index contributed by atoms with van der Waals surface area (Å²) < 4.78 is 48.5. The molecule has 0 aliphatic carbocycles. The smallest absolute Gasteiger partial charge is 0.433 e. The van der Waals surface area contributed by atoms with Crippen LogP contribution >= 0.6 is 0 Å². The molecule has 6 heteroatoms. The largest absolute Gasteiger partial charge is 0.479 e. The van der Waals surface area contributed by atoms with Gasteiger partial charge in [0.25, 0.3) is 0 Å². The van der Waals surface area contributed by atoms with Crippen molar-refractivity contribution in [3.8, 4) is 0 Å². The molecule has 0 aliphatic rings. The molecular formula is C7H8F4O2. The lowest BCUT2D eigenvalue weighted by atomic mass is 10.0. The summed E-state index contributed by atoms with van der Waals surface area (Å²) in [5.74, 6) is -2.52. The SMILES string of the molecule is C/C=C/C[C@](F)(C(=O)O)C(F)(F)F. The van der Waals surface area contributed by atoms with Crippen LogP contribution in [0.1, 0.15) is 13.3 Å². The molecule has 1 N–H and O–H groups in total. The second-order valence-corrected chi connectivity index (χ2v) is 2.38. The lowest BCUT2D eigenvalue weighted by Crippen LogP contribution is -2.47. The Balaban J connectivity index is 4.85. The molecule has 13 heavy (non-hydrogen) atoms. The molecule has 0 fully saturated rings. The third-order valence-corrected chi connectivity index (χ3v) is 1.42. The van der Waals surface area contributed by atoms with Crippen molar-refractivity contribution in [1.29, 1.82) is 0 Å². The van der Waals surface area contributed by atoms with Crippen LogP contribution in [0.3, 0.4) is 0 Å². The molecule has 0 aromatic carbocycles. The highest BCUT2D eigenvalue weighted by molar-refractivity contribution is 5.78. The minimum Gasteiger partial charge on any atom is -0.479 e. The topological polar surface area (TPSA) is 37.3 Å². The Bertz CT molecular complexity index is 221. The standard InChI is InChI=1S/C7H8F4O2/c1-2-3-4-6(8,5(12)13)7(9,10)11/h2-3H,4H2,1H3,(H,12,13)/b3-2+/t6-/m0/s1. The van der Waals surface area contributed by atoms with Crippen molar-refractivity contribution in [2.24, 2.45) is 0 Å². The van der Waals surface area contributed by atoms with Crippen LogP contribution < -0.4 is 0 Å². The van der Waals surface area contributed by atoms with E-state index in [1.54, 1.807) is 0 Å². The summed E-state index contributed by atoms with van der Waals surface area (Å²) in [7, 11) is 0. The molecule has 76 valence electrons. The van der Waals surface area contributed by atoms with E-state index < -0.39 is 24.2 Å². The number of carboxylic acid groups (broad SMARTS) is 1. The van der Waals surface area contributed by atoms with Crippen molar-refractivity contribution in [2.75, 3.05) is 0 Å². The summed E-state index contributed by atoms with van der Waals surface area (Å²) in [5.41, 5.74) is -4.18. The van der Waals surface area contributed by atoms with Gasteiger partial charge in [0.05, 0.1) is 0 Å². The molecule has 0 unspecified atom stereocenters. The molecule has 0 rings (SSSR count). The quantitative estimate of drug-likeness (QED) is 0.560. The Morgan fingerprint density at radius 2 is 1.85 bits per heavy atom. The number of carbonyl (C=O) groups is 1. The highest BCUT2D eigenvalue weighted by Gasteiger charge is 2.61. The van der Waals surface area contributed by atoms with Crippen LogP contribution in [0, 0.1) is 0 Å². The van der Waals surface area contributed by atoms with E-state index in [4.69, 9.17) is 5.11 Å². The maximum Gasteiger partial charge on any atom is 0.433 e. The van der Waals surface area contributed by atoms with E-state index >= 15 is 0 Å². The zero-order chi connectivity index (χ0) is 10.7. The molecule has 0 radical (unpaired) electrons. The van der Waals surface area contributed by atoms with Crippen molar-refractivity contribution >= 4 is 5.97 Å². The molecule has 0 amide bonds. The van der Waals surface area contributed by atoms with Gasteiger partial charge in [-0.25, -0.2) is 9.18 Å². The number of alkyl halides is 4. The molecule has 0 aromatic rings. The van der Waals surface area contributed by atoms with Gasteiger partial charge in [-0.05, 0) is 6.92 Å². The Hall–Kier alpha value is -1.07. The zero-order valence-corrected chi connectivity index (χ0v) is 6.73. The minimum absolute atomic E-state index is 0.821. The maximum atomic E-state index is 12.8. The number of aliphatic carboxylic acids is 1. The molecular weight excluding hydrogens is 192 g/mol. The third-order valence-electron chi connectivity index (χ3n) is 1.42. The van der Waals surface area contributed by atoms with Gasteiger partial charge < -0.3 is 5.11 Å². The van der Waals surface area contributed by atoms with Gasteiger partial charge in [-0.3, -0.25) is 0 Å². The zero-order valence-electron chi connectivity index (χ0n) is 6.73. The van der Waals surface area contributed by atoms with Crippen molar-refractivity contribution in [3.63, 3.8) is 0 Å². The van der Waals surface area contributed by atoms with Crippen LogP contribution in [0.2, 0.25) is 0 Å². The Kier molecular flexibility index (Phi) is 3.45. The molecule has 0 saturated heterocycles. The van der Waals surface area contributed by atoms with Gasteiger partial charge in [0.15, 0.2) is 0 Å². The highest BCUT2D eigenvalue weighted by atomic mass is 19.4. The van der Waals surface area contributed by atoms with Crippen molar-refractivity contribution < 1.29 is 27.5 Å². The van der Waals surface area contributed by atoms with Crippen LogP contribution in [0.5, 0.6) is 0 Å². The van der Waals surface area contributed by atoms with Gasteiger partial charge in [0.1, 0.15) is 0 Å². The number of halogens is 4. The van der Waals surface area contributed by atoms with Crippen LogP contribution in [-0.2, 0) is 4.79 Å². The van der Waals surface area contributed by atoms with E-state index in [0.29, 0.717) is 0 Å². The molecule has 0 aromatic heterocycles. The number of allylic oxidation sites excluding steroid dienone is 2. The fourth-order valence-corrected chi connectivity index (χ4v) is 0.605. The van der Waals surface area contributed by atoms with Crippen molar-refractivity contribution in [3.05, 3.63) is 12.2 Å². The van der Waals surface area contributed by atoms with Gasteiger partial charge in [-0.1, -0.05) is 12.2 Å². The van der Waals surface area contributed by atoms with Gasteiger partial charge in [0.2, 0.25) is 0 Å². The first-order chi connectivity index (χ1) is 5.75. The first kappa shape index (κ1) is 11.9. The normalized spacial score (nSPS) is 17.3. The summed E-state index contributed by atoms with van der Waals surface area (Å²) in [4.78, 5) is 10.0. The highest BCUT2D eigenvalue weighted by Crippen LogP contribution is 2.37. The van der Waals surface area contributed by atoms with Gasteiger partial charge in [-0.2, -0.15) is 13.2 Å². The number of hydrogen-bond donors (Lipinski definition) is 1. The number of hydrogen-bond acceptors (Lipinski definition) is 1. The van der Waals surface area contributed by atoms with Crippen LogP contribution in [0.25, 0.3) is 0 Å². The summed E-state index contributed by atoms with van der Waals surface area (Å²) in [6, 6.07) is 0. The van der Waals surface area contributed by atoms with Gasteiger partial charge in [0, 0.05) is 6.42 Å². The van der Waals surface area contributed by atoms with Crippen LogP contribution in [0.15, 0.2) is 12.2 Å². The van der Waals surface area contributed by atoms with E-state index in [1.165, 1.54) is 6.92 Å². The van der Waals surface area contributed by atoms with E-state index in [0.717, 1.165) is 12.2 Å². The molecule has 0 aliphatic heterocycles. The molecule has 0 saturated carbocycles. The van der Waals surface area contributed by atoms with E-state index in [2.05, 4.69) is 0 Å². The summed E-state index contributed by atoms with van der Waals surface area (Å²) in [6.07, 6.45) is -4.62. The summed E-state index contributed by atoms with van der Waals surface area (Å²) >= 11 is 0. The lowest BCUT2D eigenvalue weighted by Gasteiger charge is -2.21. The van der Waals surface area contributed by atoms with Gasteiger partial charge in [-0.15, -0.1) is 0 Å². The second kappa shape index (κ2) is 3.76. The predicted octanol–water partition coefficient (Wildman–Crippen LogP) is 2.31. The number of rotatable bonds is 3. The molecule has 1 atom stereocenters. The average Bonchev–Trinajstić information content (AvgIpc) is 1.97.